The molecule has 0 amide bonds. The number of halogens is 1. The zero-order valence-corrected chi connectivity index (χ0v) is 9.65. The lowest BCUT2D eigenvalue weighted by Gasteiger charge is -2.13. The summed E-state index contributed by atoms with van der Waals surface area (Å²) in [6.07, 6.45) is 0. The van der Waals surface area contributed by atoms with E-state index in [9.17, 15) is 4.21 Å². The SMILES string of the molecule is CNC1c2cc(Cl)ccc2S(=O)C1C. The molecule has 3 unspecified atom stereocenters. The van der Waals surface area contributed by atoms with Gasteiger partial charge in [-0.05, 0) is 37.7 Å². The monoisotopic (exact) mass is 229 g/mol. The van der Waals surface area contributed by atoms with E-state index in [0.717, 1.165) is 10.5 Å². The Morgan fingerprint density at radius 3 is 2.86 bits per heavy atom. The first-order valence-corrected chi connectivity index (χ1v) is 6.11. The fraction of sp³-hybridized carbons (Fsp3) is 0.400. The van der Waals surface area contributed by atoms with Crippen LogP contribution in [-0.2, 0) is 10.8 Å². The van der Waals surface area contributed by atoms with E-state index in [1.54, 1.807) is 6.07 Å². The molecule has 0 fully saturated rings. The van der Waals surface area contributed by atoms with E-state index in [1.165, 1.54) is 0 Å². The first-order valence-electron chi connectivity index (χ1n) is 4.52. The highest BCUT2D eigenvalue weighted by molar-refractivity contribution is 7.86. The van der Waals surface area contributed by atoms with Crippen molar-refractivity contribution in [2.24, 2.45) is 0 Å². The first-order chi connectivity index (χ1) is 6.65. The normalized spacial score (nSPS) is 30.4. The number of hydrogen-bond donors (Lipinski definition) is 1. The largest absolute Gasteiger partial charge is 0.312 e. The number of rotatable bonds is 1. The molecule has 0 radical (unpaired) electrons. The fourth-order valence-corrected chi connectivity index (χ4v) is 3.64. The van der Waals surface area contributed by atoms with Gasteiger partial charge in [0.25, 0.3) is 0 Å². The third-order valence-corrected chi connectivity index (χ3v) is 4.63. The van der Waals surface area contributed by atoms with Crippen LogP contribution in [0.5, 0.6) is 0 Å². The summed E-state index contributed by atoms with van der Waals surface area (Å²) >= 11 is 5.91. The van der Waals surface area contributed by atoms with E-state index in [-0.39, 0.29) is 11.3 Å². The zero-order chi connectivity index (χ0) is 10.3. The molecule has 2 nitrogen and oxygen atoms in total. The predicted molar refractivity (Wildman–Crippen MR) is 59.1 cm³/mol. The highest BCUT2D eigenvalue weighted by atomic mass is 35.5. The summed E-state index contributed by atoms with van der Waals surface area (Å²) in [7, 11) is 0.981. The minimum atomic E-state index is -0.902. The lowest BCUT2D eigenvalue weighted by molar-refractivity contribution is 0.585. The summed E-state index contributed by atoms with van der Waals surface area (Å²) in [5.41, 5.74) is 1.07. The lowest BCUT2D eigenvalue weighted by atomic mass is 10.1. The van der Waals surface area contributed by atoms with Crippen molar-refractivity contribution in [3.05, 3.63) is 28.8 Å². The molecule has 0 saturated carbocycles. The highest BCUT2D eigenvalue weighted by Crippen LogP contribution is 2.37. The van der Waals surface area contributed by atoms with Gasteiger partial charge in [-0.3, -0.25) is 4.21 Å². The molecule has 4 heteroatoms. The molecule has 1 aromatic rings. The van der Waals surface area contributed by atoms with Gasteiger partial charge in [0, 0.05) is 16.0 Å². The topological polar surface area (TPSA) is 29.1 Å². The summed E-state index contributed by atoms with van der Waals surface area (Å²) < 4.78 is 11.9. The van der Waals surface area contributed by atoms with Crippen LogP contribution in [0, 0.1) is 0 Å². The fourth-order valence-electron chi connectivity index (χ4n) is 1.91. The quantitative estimate of drug-likeness (QED) is 0.799. The second-order valence-corrected chi connectivity index (χ2v) is 5.67. The summed E-state index contributed by atoms with van der Waals surface area (Å²) in [6.45, 7) is 1.99. The van der Waals surface area contributed by atoms with Crippen LogP contribution in [0.25, 0.3) is 0 Å². The van der Waals surface area contributed by atoms with Crippen molar-refractivity contribution in [3.8, 4) is 0 Å². The average Bonchev–Trinajstić information content (AvgIpc) is 2.39. The van der Waals surface area contributed by atoms with E-state index in [2.05, 4.69) is 5.32 Å². The zero-order valence-electron chi connectivity index (χ0n) is 8.08. The van der Waals surface area contributed by atoms with Crippen molar-refractivity contribution in [3.63, 3.8) is 0 Å². The van der Waals surface area contributed by atoms with Crippen LogP contribution >= 0.6 is 11.6 Å². The number of benzene rings is 1. The van der Waals surface area contributed by atoms with Crippen molar-refractivity contribution < 1.29 is 4.21 Å². The lowest BCUT2D eigenvalue weighted by Crippen LogP contribution is -2.24. The van der Waals surface area contributed by atoms with Crippen molar-refractivity contribution in [1.82, 2.24) is 5.32 Å². The van der Waals surface area contributed by atoms with E-state index in [0.29, 0.717) is 5.02 Å². The van der Waals surface area contributed by atoms with Gasteiger partial charge in [-0.25, -0.2) is 0 Å². The molecule has 3 atom stereocenters. The van der Waals surface area contributed by atoms with Crippen molar-refractivity contribution in [2.75, 3.05) is 7.05 Å². The molecule has 76 valence electrons. The Labute approximate surface area is 91.1 Å². The summed E-state index contributed by atoms with van der Waals surface area (Å²) in [6, 6.07) is 5.72. The first kappa shape index (κ1) is 10.1. The van der Waals surface area contributed by atoms with Gasteiger partial charge in [0.2, 0.25) is 0 Å². The molecular formula is C10H12ClNOS. The van der Waals surface area contributed by atoms with Crippen molar-refractivity contribution >= 4 is 22.4 Å². The second-order valence-electron chi connectivity index (χ2n) is 3.45. The van der Waals surface area contributed by atoms with Crippen LogP contribution in [-0.4, -0.2) is 16.5 Å². The number of fused-ring (bicyclic) bond motifs is 1. The Kier molecular flexibility index (Phi) is 2.64. The smallest absolute Gasteiger partial charge is 0.0580 e. The average molecular weight is 230 g/mol. The van der Waals surface area contributed by atoms with Crippen LogP contribution in [0.15, 0.2) is 23.1 Å². The molecule has 0 aromatic heterocycles. The van der Waals surface area contributed by atoms with Crippen LogP contribution < -0.4 is 5.32 Å². The summed E-state index contributed by atoms with van der Waals surface area (Å²) in [5, 5.41) is 4.00. The summed E-state index contributed by atoms with van der Waals surface area (Å²) in [4.78, 5) is 0.918. The Morgan fingerprint density at radius 1 is 1.50 bits per heavy atom. The molecule has 0 aliphatic carbocycles. The van der Waals surface area contributed by atoms with Gasteiger partial charge in [0.1, 0.15) is 0 Å². The molecule has 1 aromatic carbocycles. The molecule has 0 saturated heterocycles. The van der Waals surface area contributed by atoms with Gasteiger partial charge in [0.05, 0.1) is 16.0 Å². The number of nitrogens with one attached hydrogen (secondary N) is 1. The van der Waals surface area contributed by atoms with Gasteiger partial charge in [0.15, 0.2) is 0 Å². The minimum Gasteiger partial charge on any atom is -0.312 e. The maximum Gasteiger partial charge on any atom is 0.0580 e. The molecule has 0 bridgehead atoms. The standard InChI is InChI=1S/C10H12ClNOS/c1-6-10(12-2)8-5-7(11)3-4-9(8)14(6)13/h3-6,10,12H,1-2H3. The van der Waals surface area contributed by atoms with Crippen LogP contribution in [0.1, 0.15) is 18.5 Å². The Bertz CT molecular complexity index is 394. The third kappa shape index (κ3) is 1.40. The van der Waals surface area contributed by atoms with Crippen LogP contribution in [0.3, 0.4) is 0 Å². The van der Waals surface area contributed by atoms with Gasteiger partial charge in [-0.2, -0.15) is 0 Å². The molecule has 1 heterocycles. The van der Waals surface area contributed by atoms with Gasteiger partial charge < -0.3 is 5.32 Å². The maximum absolute atomic E-state index is 11.9. The summed E-state index contributed by atoms with van der Waals surface area (Å²) in [5.74, 6) is 0. The Hall–Kier alpha value is -0.380. The van der Waals surface area contributed by atoms with Crippen molar-refractivity contribution in [1.29, 1.82) is 0 Å². The molecule has 1 aliphatic heterocycles. The number of hydrogen-bond acceptors (Lipinski definition) is 2. The second kappa shape index (κ2) is 3.65. The maximum atomic E-state index is 11.9. The van der Waals surface area contributed by atoms with E-state index in [1.807, 2.05) is 26.1 Å². The third-order valence-electron chi connectivity index (χ3n) is 2.64. The predicted octanol–water partition coefficient (Wildman–Crippen LogP) is 2.11. The molecular weight excluding hydrogens is 218 g/mol. The van der Waals surface area contributed by atoms with Gasteiger partial charge in [-0.15, -0.1) is 0 Å². The molecule has 1 aliphatic rings. The van der Waals surface area contributed by atoms with E-state index >= 15 is 0 Å². The van der Waals surface area contributed by atoms with Gasteiger partial charge >= 0.3 is 0 Å². The van der Waals surface area contributed by atoms with Crippen LogP contribution in [0.4, 0.5) is 0 Å². The van der Waals surface area contributed by atoms with Crippen molar-refractivity contribution in [2.45, 2.75) is 23.1 Å². The molecule has 1 N–H and O–H groups in total. The van der Waals surface area contributed by atoms with E-state index < -0.39 is 10.8 Å². The molecule has 14 heavy (non-hydrogen) atoms. The molecule has 2 rings (SSSR count). The molecule has 0 spiro atoms. The minimum absolute atomic E-state index is 0.119. The Balaban J connectivity index is 2.56. The Morgan fingerprint density at radius 2 is 2.21 bits per heavy atom. The van der Waals surface area contributed by atoms with Crippen LogP contribution in [0.2, 0.25) is 5.02 Å². The highest BCUT2D eigenvalue weighted by Gasteiger charge is 2.34. The van der Waals surface area contributed by atoms with Gasteiger partial charge in [-0.1, -0.05) is 11.6 Å². The van der Waals surface area contributed by atoms with E-state index in [4.69, 9.17) is 11.6 Å².